The summed E-state index contributed by atoms with van der Waals surface area (Å²) in [5, 5.41) is 2.87. The van der Waals surface area contributed by atoms with Crippen molar-refractivity contribution in [3.8, 4) is 0 Å². The zero-order chi connectivity index (χ0) is 13.5. The van der Waals surface area contributed by atoms with Crippen LogP contribution in [-0.4, -0.2) is 25.2 Å². The van der Waals surface area contributed by atoms with E-state index in [0.29, 0.717) is 24.8 Å². The van der Waals surface area contributed by atoms with Crippen LogP contribution in [0.2, 0.25) is 0 Å². The molecule has 4 heteroatoms. The molecule has 2 rings (SSSR count). The van der Waals surface area contributed by atoms with Crippen molar-refractivity contribution in [1.82, 2.24) is 5.32 Å². The molecule has 0 atom stereocenters. The number of ether oxygens (including phenoxy) is 1. The van der Waals surface area contributed by atoms with Crippen LogP contribution in [0.1, 0.15) is 42.5 Å². The van der Waals surface area contributed by atoms with Crippen molar-refractivity contribution in [1.29, 1.82) is 0 Å². The summed E-state index contributed by atoms with van der Waals surface area (Å²) in [6.45, 7) is 1.16. The molecule has 1 N–H and O–H groups in total. The highest BCUT2D eigenvalue weighted by atomic mass is 32.1. The van der Waals surface area contributed by atoms with E-state index in [-0.39, 0.29) is 5.91 Å². The first-order chi connectivity index (χ1) is 9.25. The number of amides is 1. The Morgan fingerprint density at radius 2 is 2.11 bits per heavy atom. The highest BCUT2D eigenvalue weighted by Gasteiger charge is 2.13. The van der Waals surface area contributed by atoms with Gasteiger partial charge in [0.05, 0.1) is 12.7 Å². The molecule has 0 aromatic heterocycles. The maximum Gasteiger partial charge on any atom is 0.251 e. The van der Waals surface area contributed by atoms with Crippen molar-refractivity contribution in [2.24, 2.45) is 0 Å². The van der Waals surface area contributed by atoms with Gasteiger partial charge in [-0.25, -0.2) is 0 Å². The second kappa shape index (κ2) is 7.56. The van der Waals surface area contributed by atoms with Crippen LogP contribution in [0.25, 0.3) is 0 Å². The van der Waals surface area contributed by atoms with Crippen molar-refractivity contribution in [3.05, 3.63) is 29.8 Å². The molecule has 1 saturated carbocycles. The van der Waals surface area contributed by atoms with Crippen LogP contribution in [0, 0.1) is 0 Å². The smallest absolute Gasteiger partial charge is 0.251 e. The van der Waals surface area contributed by atoms with Crippen LogP contribution in [0.3, 0.4) is 0 Å². The Labute approximate surface area is 120 Å². The first-order valence-corrected chi connectivity index (χ1v) is 7.39. The third-order valence-corrected chi connectivity index (χ3v) is 3.68. The van der Waals surface area contributed by atoms with E-state index in [1.807, 2.05) is 12.1 Å². The molecule has 0 bridgehead atoms. The lowest BCUT2D eigenvalue weighted by Gasteiger charge is -2.22. The van der Waals surface area contributed by atoms with E-state index >= 15 is 0 Å². The maximum absolute atomic E-state index is 11.8. The Morgan fingerprint density at radius 1 is 1.32 bits per heavy atom. The number of carbonyl (C=O) groups excluding carboxylic acids is 1. The monoisotopic (exact) mass is 279 g/mol. The fourth-order valence-corrected chi connectivity index (χ4v) is 2.60. The van der Waals surface area contributed by atoms with Crippen molar-refractivity contribution in [3.63, 3.8) is 0 Å². The predicted molar refractivity (Wildman–Crippen MR) is 78.9 cm³/mol. The molecule has 0 heterocycles. The summed E-state index contributed by atoms with van der Waals surface area (Å²) < 4.78 is 5.76. The van der Waals surface area contributed by atoms with Gasteiger partial charge in [0.25, 0.3) is 5.91 Å². The lowest BCUT2D eigenvalue weighted by molar-refractivity contribution is 0.0299. The predicted octanol–water partition coefficient (Wildman–Crippen LogP) is 3.05. The largest absolute Gasteiger partial charge is 0.376 e. The number of carbonyl (C=O) groups is 1. The van der Waals surface area contributed by atoms with Crippen LogP contribution in [0.15, 0.2) is 29.2 Å². The maximum atomic E-state index is 11.8. The lowest BCUT2D eigenvalue weighted by Crippen LogP contribution is -2.29. The number of hydrogen-bond donors (Lipinski definition) is 2. The Hall–Kier alpha value is -1.00. The molecule has 0 radical (unpaired) electrons. The lowest BCUT2D eigenvalue weighted by atomic mass is 9.98. The Bertz CT molecular complexity index is 416. The molecular formula is C15H21NO2S. The molecule has 0 aliphatic heterocycles. The SMILES string of the molecule is O=C(NCCOC1CCCCC1)c1cccc(S)c1. The minimum atomic E-state index is -0.0665. The first-order valence-electron chi connectivity index (χ1n) is 6.94. The van der Waals surface area contributed by atoms with Gasteiger partial charge >= 0.3 is 0 Å². The summed E-state index contributed by atoms with van der Waals surface area (Å²) in [4.78, 5) is 12.6. The summed E-state index contributed by atoms with van der Waals surface area (Å²) in [6, 6.07) is 7.24. The number of hydrogen-bond acceptors (Lipinski definition) is 3. The van der Waals surface area contributed by atoms with Crippen LogP contribution >= 0.6 is 12.6 Å². The molecular weight excluding hydrogens is 258 g/mol. The zero-order valence-electron chi connectivity index (χ0n) is 11.1. The van der Waals surface area contributed by atoms with Crippen molar-refractivity contribution in [2.75, 3.05) is 13.2 Å². The molecule has 104 valence electrons. The van der Waals surface area contributed by atoms with Gasteiger partial charge in [-0.1, -0.05) is 25.3 Å². The van der Waals surface area contributed by atoms with Crippen LogP contribution in [0.4, 0.5) is 0 Å². The Morgan fingerprint density at radius 3 is 2.84 bits per heavy atom. The summed E-state index contributed by atoms with van der Waals surface area (Å²) in [5.74, 6) is -0.0665. The summed E-state index contributed by atoms with van der Waals surface area (Å²) in [7, 11) is 0. The quantitative estimate of drug-likeness (QED) is 0.642. The highest BCUT2D eigenvalue weighted by Crippen LogP contribution is 2.19. The van der Waals surface area contributed by atoms with E-state index in [1.54, 1.807) is 12.1 Å². The van der Waals surface area contributed by atoms with Gasteiger partial charge in [0.15, 0.2) is 0 Å². The van der Waals surface area contributed by atoms with E-state index in [4.69, 9.17) is 4.74 Å². The molecule has 3 nitrogen and oxygen atoms in total. The molecule has 1 fully saturated rings. The van der Waals surface area contributed by atoms with Gasteiger partial charge in [-0.05, 0) is 31.0 Å². The molecule has 0 saturated heterocycles. The van der Waals surface area contributed by atoms with E-state index < -0.39 is 0 Å². The standard InChI is InChI=1S/C15H21NO2S/c17-15(12-5-4-8-14(19)11-12)16-9-10-18-13-6-2-1-3-7-13/h4-5,8,11,13,19H,1-3,6-7,9-10H2,(H,16,17). The van der Waals surface area contributed by atoms with E-state index in [0.717, 1.165) is 17.7 Å². The molecule has 0 unspecified atom stereocenters. The topological polar surface area (TPSA) is 38.3 Å². The molecule has 1 aliphatic carbocycles. The molecule has 1 aromatic rings. The minimum absolute atomic E-state index is 0.0665. The van der Waals surface area contributed by atoms with Crippen molar-refractivity contribution < 1.29 is 9.53 Å². The van der Waals surface area contributed by atoms with Gasteiger partial charge in [-0.3, -0.25) is 4.79 Å². The van der Waals surface area contributed by atoms with E-state index in [9.17, 15) is 4.79 Å². The number of rotatable bonds is 5. The van der Waals surface area contributed by atoms with Crippen LogP contribution < -0.4 is 5.32 Å². The average Bonchev–Trinajstić information content (AvgIpc) is 2.44. The van der Waals surface area contributed by atoms with Crippen molar-refractivity contribution >= 4 is 18.5 Å². The highest BCUT2D eigenvalue weighted by molar-refractivity contribution is 7.80. The van der Waals surface area contributed by atoms with Crippen LogP contribution in [0.5, 0.6) is 0 Å². The van der Waals surface area contributed by atoms with Gasteiger partial charge < -0.3 is 10.1 Å². The van der Waals surface area contributed by atoms with Gasteiger partial charge in [0.1, 0.15) is 0 Å². The average molecular weight is 279 g/mol. The molecule has 0 spiro atoms. The second-order valence-electron chi connectivity index (χ2n) is 4.94. The van der Waals surface area contributed by atoms with Crippen molar-refractivity contribution in [2.45, 2.75) is 43.1 Å². The van der Waals surface area contributed by atoms with E-state index in [2.05, 4.69) is 17.9 Å². The normalized spacial score (nSPS) is 16.3. The van der Waals surface area contributed by atoms with Crippen LogP contribution in [-0.2, 0) is 4.74 Å². The van der Waals surface area contributed by atoms with E-state index in [1.165, 1.54) is 19.3 Å². The van der Waals surface area contributed by atoms with Gasteiger partial charge in [0, 0.05) is 17.0 Å². The summed E-state index contributed by atoms with van der Waals surface area (Å²) in [5.41, 5.74) is 0.644. The summed E-state index contributed by atoms with van der Waals surface area (Å²) in [6.07, 6.45) is 6.59. The number of nitrogens with one attached hydrogen (secondary N) is 1. The Balaban J connectivity index is 1.66. The first kappa shape index (κ1) is 14.4. The second-order valence-corrected chi connectivity index (χ2v) is 5.45. The Kier molecular flexibility index (Phi) is 5.73. The minimum Gasteiger partial charge on any atom is -0.376 e. The third-order valence-electron chi connectivity index (χ3n) is 3.40. The molecule has 1 aromatic carbocycles. The van der Waals surface area contributed by atoms with Gasteiger partial charge in [-0.15, -0.1) is 12.6 Å². The zero-order valence-corrected chi connectivity index (χ0v) is 12.0. The molecule has 1 aliphatic rings. The fourth-order valence-electron chi connectivity index (χ4n) is 2.37. The van der Waals surface area contributed by atoms with Gasteiger partial charge in [-0.2, -0.15) is 0 Å². The third kappa shape index (κ3) is 4.88. The number of benzene rings is 1. The number of thiol groups is 1. The fraction of sp³-hybridized carbons (Fsp3) is 0.533. The molecule has 19 heavy (non-hydrogen) atoms. The van der Waals surface area contributed by atoms with Gasteiger partial charge in [0.2, 0.25) is 0 Å². The summed E-state index contributed by atoms with van der Waals surface area (Å²) >= 11 is 4.22. The molecule has 1 amide bonds.